The lowest BCUT2D eigenvalue weighted by molar-refractivity contribution is -0.145. The number of hydrazone groups is 1. The zero-order valence-corrected chi connectivity index (χ0v) is 18.6. The number of hydrogen-bond donors (Lipinski definition) is 2. The number of benzene rings is 2. The van der Waals surface area contributed by atoms with E-state index in [1.54, 1.807) is 43.3 Å². The number of ether oxygens (including phenoxy) is 4. The van der Waals surface area contributed by atoms with E-state index < -0.39 is 17.8 Å². The van der Waals surface area contributed by atoms with Gasteiger partial charge in [-0.15, -0.1) is 0 Å². The molecule has 0 saturated heterocycles. The Balaban J connectivity index is 1.44. The number of nitrogens with one attached hydrogen (secondary N) is 2. The number of nitrogens with zero attached hydrogens (tertiary/aromatic N) is 1. The number of amides is 2. The molecule has 0 fully saturated rings. The Hall–Kier alpha value is -3.60. The lowest BCUT2D eigenvalue weighted by atomic mass is 10.2. The van der Waals surface area contributed by atoms with Crippen molar-refractivity contribution < 1.29 is 33.3 Å². The molecule has 0 aromatic heterocycles. The molecule has 0 aliphatic carbocycles. The van der Waals surface area contributed by atoms with Gasteiger partial charge in [0.15, 0.2) is 18.1 Å². The summed E-state index contributed by atoms with van der Waals surface area (Å²) in [6.07, 6.45) is 1.43. The first-order valence-corrected chi connectivity index (χ1v) is 10.3. The van der Waals surface area contributed by atoms with Gasteiger partial charge >= 0.3 is 5.97 Å². The van der Waals surface area contributed by atoms with Gasteiger partial charge in [0.1, 0.15) is 5.75 Å². The van der Waals surface area contributed by atoms with E-state index in [0.29, 0.717) is 32.8 Å². The summed E-state index contributed by atoms with van der Waals surface area (Å²) in [5.74, 6) is 0.131. The third-order valence-electron chi connectivity index (χ3n) is 4.05. The smallest absolute Gasteiger partial charge is 0.344 e. The van der Waals surface area contributed by atoms with Gasteiger partial charge in [0.05, 0.1) is 23.8 Å². The molecule has 1 aliphatic heterocycles. The third-order valence-corrected chi connectivity index (χ3v) is 4.67. The number of carbonyl (C=O) groups is 3. The van der Waals surface area contributed by atoms with Crippen LogP contribution < -0.4 is 25.0 Å². The van der Waals surface area contributed by atoms with Crippen LogP contribution in [0.5, 0.6) is 17.2 Å². The van der Waals surface area contributed by atoms with Crippen molar-refractivity contribution in [2.45, 2.75) is 6.92 Å². The summed E-state index contributed by atoms with van der Waals surface area (Å²) in [6.45, 7) is 1.66. The largest absolute Gasteiger partial charge is 0.481 e. The lowest BCUT2D eigenvalue weighted by Crippen LogP contribution is -2.34. The van der Waals surface area contributed by atoms with Crippen LogP contribution in [0.1, 0.15) is 22.8 Å². The van der Waals surface area contributed by atoms with Crippen LogP contribution in [0.2, 0.25) is 0 Å². The first kappa shape index (κ1) is 23.1. The Morgan fingerprint density at radius 3 is 2.75 bits per heavy atom. The first-order valence-electron chi connectivity index (χ1n) is 9.54. The highest BCUT2D eigenvalue weighted by molar-refractivity contribution is 9.10. The van der Waals surface area contributed by atoms with Gasteiger partial charge in [0.2, 0.25) is 6.79 Å². The van der Waals surface area contributed by atoms with Gasteiger partial charge in [-0.2, -0.15) is 5.10 Å². The van der Waals surface area contributed by atoms with Gasteiger partial charge < -0.3 is 24.3 Å². The van der Waals surface area contributed by atoms with Crippen molar-refractivity contribution in [2.24, 2.45) is 5.10 Å². The molecule has 0 radical (unpaired) electrons. The zero-order valence-electron chi connectivity index (χ0n) is 17.1. The third kappa shape index (κ3) is 6.45. The number of rotatable bonds is 9. The van der Waals surface area contributed by atoms with Crippen LogP contribution in [0.15, 0.2) is 46.0 Å². The SMILES string of the molecule is CCOC(=O)COc1ccc(C=NNC(=O)CNC(=O)c2ccc3c(c2)OCO3)cc1Br. The van der Waals surface area contributed by atoms with E-state index in [0.717, 1.165) is 0 Å². The van der Waals surface area contributed by atoms with Crippen LogP contribution in [-0.4, -0.2) is 50.5 Å². The van der Waals surface area contributed by atoms with Crippen molar-refractivity contribution in [3.8, 4) is 17.2 Å². The molecule has 0 unspecified atom stereocenters. The van der Waals surface area contributed by atoms with Gasteiger partial charge in [-0.05, 0) is 64.8 Å². The van der Waals surface area contributed by atoms with Crippen LogP contribution in [-0.2, 0) is 14.3 Å². The molecule has 168 valence electrons. The molecule has 2 aromatic carbocycles. The lowest BCUT2D eigenvalue weighted by Gasteiger charge is -2.08. The second-order valence-electron chi connectivity index (χ2n) is 6.33. The molecule has 3 rings (SSSR count). The first-order chi connectivity index (χ1) is 15.5. The Morgan fingerprint density at radius 1 is 1.16 bits per heavy atom. The monoisotopic (exact) mass is 505 g/mol. The number of fused-ring (bicyclic) bond motifs is 1. The summed E-state index contributed by atoms with van der Waals surface area (Å²) in [5, 5.41) is 6.36. The van der Waals surface area contributed by atoms with Gasteiger partial charge in [-0.3, -0.25) is 9.59 Å². The van der Waals surface area contributed by atoms with Crippen LogP contribution in [0.3, 0.4) is 0 Å². The Labute approximate surface area is 192 Å². The fraction of sp³-hybridized carbons (Fsp3) is 0.238. The van der Waals surface area contributed by atoms with E-state index in [2.05, 4.69) is 31.8 Å². The summed E-state index contributed by atoms with van der Waals surface area (Å²) < 4.78 is 21.2. The van der Waals surface area contributed by atoms with Gasteiger partial charge in [0, 0.05) is 5.56 Å². The van der Waals surface area contributed by atoms with Crippen molar-refractivity contribution in [1.29, 1.82) is 0 Å². The second kappa shape index (κ2) is 11.1. The van der Waals surface area contributed by atoms with Crippen molar-refractivity contribution >= 4 is 39.9 Å². The van der Waals surface area contributed by atoms with E-state index in [1.165, 1.54) is 6.21 Å². The Morgan fingerprint density at radius 2 is 1.97 bits per heavy atom. The van der Waals surface area contributed by atoms with Gasteiger partial charge in [0.25, 0.3) is 11.8 Å². The number of hydrogen-bond acceptors (Lipinski definition) is 8. The summed E-state index contributed by atoms with van der Waals surface area (Å²) in [6, 6.07) is 9.81. The highest BCUT2D eigenvalue weighted by atomic mass is 79.9. The van der Waals surface area contributed by atoms with Crippen molar-refractivity contribution in [1.82, 2.24) is 10.7 Å². The molecular weight excluding hydrogens is 486 g/mol. The zero-order chi connectivity index (χ0) is 22.9. The summed E-state index contributed by atoms with van der Waals surface area (Å²) in [4.78, 5) is 35.5. The highest BCUT2D eigenvalue weighted by Crippen LogP contribution is 2.32. The average molecular weight is 506 g/mol. The molecule has 0 spiro atoms. The van der Waals surface area contributed by atoms with Crippen molar-refractivity contribution in [3.63, 3.8) is 0 Å². The fourth-order valence-corrected chi connectivity index (χ4v) is 3.08. The standard InChI is InChI=1S/C21H20BrN3O7/c1-2-29-20(27)11-30-16-5-3-13(7-15(16)22)9-24-25-19(26)10-23-21(28)14-4-6-17-18(8-14)32-12-31-17/h3-9H,2,10-12H2,1H3,(H,23,28)(H,25,26). The van der Waals surface area contributed by atoms with Crippen molar-refractivity contribution in [3.05, 3.63) is 52.0 Å². The molecular formula is C21H20BrN3O7. The molecule has 2 N–H and O–H groups in total. The molecule has 2 amide bonds. The second-order valence-corrected chi connectivity index (χ2v) is 7.18. The molecule has 2 aromatic rings. The average Bonchev–Trinajstić information content (AvgIpc) is 3.25. The van der Waals surface area contributed by atoms with E-state index in [1.807, 2.05) is 0 Å². The maximum atomic E-state index is 12.2. The van der Waals surface area contributed by atoms with E-state index in [4.69, 9.17) is 18.9 Å². The van der Waals surface area contributed by atoms with Crippen molar-refractivity contribution in [2.75, 3.05) is 26.6 Å². The van der Waals surface area contributed by atoms with Crippen LogP contribution >= 0.6 is 15.9 Å². The minimum absolute atomic E-state index is 0.112. The van der Waals surface area contributed by atoms with Crippen LogP contribution in [0, 0.1) is 0 Å². The summed E-state index contributed by atoms with van der Waals surface area (Å²) >= 11 is 3.35. The maximum absolute atomic E-state index is 12.2. The van der Waals surface area contributed by atoms with Gasteiger partial charge in [-0.25, -0.2) is 10.2 Å². The van der Waals surface area contributed by atoms with E-state index >= 15 is 0 Å². The molecule has 0 saturated carbocycles. The normalized spacial score (nSPS) is 11.8. The van der Waals surface area contributed by atoms with E-state index in [9.17, 15) is 14.4 Å². The molecule has 0 bridgehead atoms. The maximum Gasteiger partial charge on any atom is 0.344 e. The fourth-order valence-electron chi connectivity index (χ4n) is 2.57. The predicted octanol–water partition coefficient (Wildman–Crippen LogP) is 2.00. The molecule has 32 heavy (non-hydrogen) atoms. The Bertz CT molecular complexity index is 1040. The quantitative estimate of drug-likeness (QED) is 0.303. The molecule has 11 heteroatoms. The van der Waals surface area contributed by atoms with Gasteiger partial charge in [-0.1, -0.05) is 0 Å². The highest BCUT2D eigenvalue weighted by Gasteiger charge is 2.16. The minimum Gasteiger partial charge on any atom is -0.481 e. The summed E-state index contributed by atoms with van der Waals surface area (Å²) in [5.41, 5.74) is 3.35. The Kier molecular flexibility index (Phi) is 8.03. The summed E-state index contributed by atoms with van der Waals surface area (Å²) in [7, 11) is 0. The van der Waals surface area contributed by atoms with Crippen LogP contribution in [0.25, 0.3) is 0 Å². The number of esters is 1. The number of carbonyl (C=O) groups excluding carboxylic acids is 3. The number of halogens is 1. The molecule has 0 atom stereocenters. The minimum atomic E-state index is -0.496. The van der Waals surface area contributed by atoms with Crippen LogP contribution in [0.4, 0.5) is 0 Å². The predicted molar refractivity (Wildman–Crippen MR) is 117 cm³/mol. The molecule has 1 aliphatic rings. The van der Waals surface area contributed by atoms with E-state index in [-0.39, 0.29) is 26.6 Å². The topological polar surface area (TPSA) is 125 Å². The molecule has 1 heterocycles. The molecule has 10 nitrogen and oxygen atoms in total.